The number of benzene rings is 1. The van der Waals surface area contributed by atoms with Crippen molar-refractivity contribution in [1.82, 2.24) is 19.9 Å². The third-order valence-electron chi connectivity index (χ3n) is 4.32. The molecule has 3 heterocycles. The summed E-state index contributed by atoms with van der Waals surface area (Å²) in [7, 11) is 0. The van der Waals surface area contributed by atoms with E-state index in [2.05, 4.69) is 30.1 Å². The van der Waals surface area contributed by atoms with Crippen molar-refractivity contribution in [2.24, 2.45) is 0 Å². The Morgan fingerprint density at radius 2 is 2.00 bits per heavy atom. The first-order valence-corrected chi connectivity index (χ1v) is 8.86. The van der Waals surface area contributed by atoms with Gasteiger partial charge in [0.25, 0.3) is 0 Å². The maximum atomic E-state index is 13.9. The van der Waals surface area contributed by atoms with Crippen LogP contribution in [0, 0.1) is 12.7 Å². The van der Waals surface area contributed by atoms with Gasteiger partial charge in [-0.2, -0.15) is 0 Å². The zero-order valence-electron chi connectivity index (χ0n) is 13.4. The van der Waals surface area contributed by atoms with Crippen molar-refractivity contribution in [3.63, 3.8) is 0 Å². The van der Waals surface area contributed by atoms with Gasteiger partial charge < -0.3 is 4.90 Å². The van der Waals surface area contributed by atoms with Gasteiger partial charge in [0.05, 0.1) is 10.7 Å². The van der Waals surface area contributed by atoms with E-state index in [9.17, 15) is 4.39 Å². The molecule has 0 N–H and O–H groups in total. The third kappa shape index (κ3) is 2.97. The molecule has 0 saturated carbocycles. The first-order chi connectivity index (χ1) is 11.7. The van der Waals surface area contributed by atoms with E-state index in [1.165, 1.54) is 12.4 Å². The standard InChI is InChI=1S/C17H18FN5S/c1-12-21-13(10-24-12)9-22-5-7-23(8-6-22)17-14-3-2-4-15(18)16(14)19-11-20-17/h2-4,10-11H,5-9H2,1H3. The van der Waals surface area contributed by atoms with Crippen LogP contribution < -0.4 is 4.90 Å². The van der Waals surface area contributed by atoms with E-state index in [0.29, 0.717) is 5.52 Å². The Labute approximate surface area is 143 Å². The highest BCUT2D eigenvalue weighted by atomic mass is 32.1. The summed E-state index contributed by atoms with van der Waals surface area (Å²) in [6.45, 7) is 6.54. The first kappa shape index (κ1) is 15.4. The van der Waals surface area contributed by atoms with Crippen molar-refractivity contribution in [3.05, 3.63) is 46.4 Å². The lowest BCUT2D eigenvalue weighted by atomic mass is 10.2. The van der Waals surface area contributed by atoms with Crippen LogP contribution in [0.15, 0.2) is 29.9 Å². The summed E-state index contributed by atoms with van der Waals surface area (Å²) in [6, 6.07) is 5.04. The van der Waals surface area contributed by atoms with Crippen LogP contribution in [0.1, 0.15) is 10.7 Å². The van der Waals surface area contributed by atoms with Crippen molar-refractivity contribution >= 4 is 28.1 Å². The number of aromatic nitrogens is 3. The van der Waals surface area contributed by atoms with Crippen LogP contribution in [0.3, 0.4) is 0 Å². The molecule has 2 aromatic heterocycles. The number of rotatable bonds is 3. The molecule has 124 valence electrons. The van der Waals surface area contributed by atoms with Gasteiger partial charge in [-0.05, 0) is 19.1 Å². The van der Waals surface area contributed by atoms with Gasteiger partial charge >= 0.3 is 0 Å². The number of fused-ring (bicyclic) bond motifs is 1. The van der Waals surface area contributed by atoms with Crippen LogP contribution in [0.4, 0.5) is 10.2 Å². The van der Waals surface area contributed by atoms with Crippen LogP contribution in [0.25, 0.3) is 10.9 Å². The quantitative estimate of drug-likeness (QED) is 0.732. The highest BCUT2D eigenvalue weighted by Crippen LogP contribution is 2.25. The lowest BCUT2D eigenvalue weighted by Gasteiger charge is -2.35. The molecule has 0 amide bonds. The molecule has 0 unspecified atom stereocenters. The van der Waals surface area contributed by atoms with Crippen molar-refractivity contribution < 1.29 is 4.39 Å². The summed E-state index contributed by atoms with van der Waals surface area (Å²) in [5, 5.41) is 4.02. The van der Waals surface area contributed by atoms with E-state index in [1.807, 2.05) is 13.0 Å². The smallest absolute Gasteiger partial charge is 0.149 e. The fourth-order valence-electron chi connectivity index (χ4n) is 3.12. The number of thiazole rings is 1. The van der Waals surface area contributed by atoms with Crippen LogP contribution in [0.2, 0.25) is 0 Å². The summed E-state index contributed by atoms with van der Waals surface area (Å²) in [6.07, 6.45) is 1.45. The molecular formula is C17H18FN5S. The van der Waals surface area contributed by atoms with Gasteiger partial charge in [0.15, 0.2) is 0 Å². The number of piperazine rings is 1. The number of hydrogen-bond donors (Lipinski definition) is 0. The minimum Gasteiger partial charge on any atom is -0.353 e. The monoisotopic (exact) mass is 343 g/mol. The molecule has 1 aromatic carbocycles. The largest absolute Gasteiger partial charge is 0.353 e. The fourth-order valence-corrected chi connectivity index (χ4v) is 3.72. The molecule has 0 radical (unpaired) electrons. The Hall–Kier alpha value is -2.12. The van der Waals surface area contributed by atoms with Crippen LogP contribution >= 0.6 is 11.3 Å². The maximum absolute atomic E-state index is 13.9. The van der Waals surface area contributed by atoms with E-state index in [0.717, 1.165) is 54.6 Å². The minimum absolute atomic E-state index is 0.298. The number of anilines is 1. The van der Waals surface area contributed by atoms with Crippen LogP contribution in [0.5, 0.6) is 0 Å². The SMILES string of the molecule is Cc1nc(CN2CCN(c3ncnc4c(F)cccc34)CC2)cs1. The highest BCUT2D eigenvalue weighted by molar-refractivity contribution is 7.09. The van der Waals surface area contributed by atoms with Gasteiger partial charge in [0.1, 0.15) is 23.5 Å². The van der Waals surface area contributed by atoms with E-state index >= 15 is 0 Å². The molecule has 7 heteroatoms. The van der Waals surface area contributed by atoms with Crippen LogP contribution in [-0.4, -0.2) is 46.0 Å². The van der Waals surface area contributed by atoms with Gasteiger partial charge in [-0.15, -0.1) is 11.3 Å². The molecule has 24 heavy (non-hydrogen) atoms. The van der Waals surface area contributed by atoms with Gasteiger partial charge in [0.2, 0.25) is 0 Å². The average molecular weight is 343 g/mol. The predicted octanol–water partition coefficient (Wildman–Crippen LogP) is 2.86. The van der Waals surface area contributed by atoms with E-state index in [1.54, 1.807) is 17.4 Å². The van der Waals surface area contributed by atoms with Crippen molar-refractivity contribution in [2.45, 2.75) is 13.5 Å². The lowest BCUT2D eigenvalue weighted by molar-refractivity contribution is 0.247. The highest BCUT2D eigenvalue weighted by Gasteiger charge is 2.21. The minimum atomic E-state index is -0.298. The number of para-hydroxylation sites is 1. The zero-order chi connectivity index (χ0) is 16.5. The lowest BCUT2D eigenvalue weighted by Crippen LogP contribution is -2.46. The number of hydrogen-bond acceptors (Lipinski definition) is 6. The fraction of sp³-hybridized carbons (Fsp3) is 0.353. The maximum Gasteiger partial charge on any atom is 0.149 e. The molecule has 1 aliphatic rings. The van der Waals surface area contributed by atoms with Crippen molar-refractivity contribution in [3.8, 4) is 0 Å². The van der Waals surface area contributed by atoms with E-state index < -0.39 is 0 Å². The Morgan fingerprint density at radius 3 is 2.75 bits per heavy atom. The van der Waals surface area contributed by atoms with Crippen LogP contribution in [-0.2, 0) is 6.54 Å². The molecule has 5 nitrogen and oxygen atoms in total. The summed E-state index contributed by atoms with van der Waals surface area (Å²) in [4.78, 5) is 17.6. The molecule has 0 atom stereocenters. The second-order valence-electron chi connectivity index (χ2n) is 5.95. The second-order valence-corrected chi connectivity index (χ2v) is 7.02. The Bertz CT molecular complexity index is 857. The topological polar surface area (TPSA) is 45.2 Å². The Morgan fingerprint density at radius 1 is 1.17 bits per heavy atom. The molecule has 1 fully saturated rings. The number of halogens is 1. The molecule has 3 aromatic rings. The van der Waals surface area contributed by atoms with Gasteiger partial charge in [0, 0.05) is 43.5 Å². The summed E-state index contributed by atoms with van der Waals surface area (Å²) in [5.41, 5.74) is 1.53. The normalized spacial score (nSPS) is 16.0. The van der Waals surface area contributed by atoms with Gasteiger partial charge in [-0.1, -0.05) is 6.07 Å². The molecule has 1 aliphatic heterocycles. The average Bonchev–Trinajstić information content (AvgIpc) is 3.01. The third-order valence-corrected chi connectivity index (χ3v) is 5.14. The number of aryl methyl sites for hydroxylation is 1. The molecule has 1 saturated heterocycles. The van der Waals surface area contributed by atoms with Gasteiger partial charge in [-0.25, -0.2) is 19.3 Å². The molecule has 0 aliphatic carbocycles. The molecule has 0 spiro atoms. The first-order valence-electron chi connectivity index (χ1n) is 7.98. The second kappa shape index (κ2) is 6.41. The summed E-state index contributed by atoms with van der Waals surface area (Å²) < 4.78 is 13.9. The zero-order valence-corrected chi connectivity index (χ0v) is 14.3. The summed E-state index contributed by atoms with van der Waals surface area (Å²) in [5.74, 6) is 0.525. The van der Waals surface area contributed by atoms with Gasteiger partial charge in [-0.3, -0.25) is 4.90 Å². The molecule has 4 rings (SSSR count). The number of nitrogens with zero attached hydrogens (tertiary/aromatic N) is 5. The van der Waals surface area contributed by atoms with E-state index in [4.69, 9.17) is 0 Å². The molecule has 0 bridgehead atoms. The van der Waals surface area contributed by atoms with Crippen molar-refractivity contribution in [1.29, 1.82) is 0 Å². The van der Waals surface area contributed by atoms with Crippen molar-refractivity contribution in [2.75, 3.05) is 31.1 Å². The van der Waals surface area contributed by atoms with E-state index in [-0.39, 0.29) is 5.82 Å². The Kier molecular flexibility index (Phi) is 4.12. The Balaban J connectivity index is 1.49. The molecular weight excluding hydrogens is 325 g/mol. The summed E-state index contributed by atoms with van der Waals surface area (Å²) >= 11 is 1.69. The predicted molar refractivity (Wildman–Crippen MR) is 93.8 cm³/mol.